The van der Waals surface area contributed by atoms with Crippen molar-refractivity contribution in [1.29, 1.82) is 0 Å². The van der Waals surface area contributed by atoms with Gasteiger partial charge in [0.1, 0.15) is 48.9 Å². The molecule has 1 saturated heterocycles. The number of halogens is 1. The van der Waals surface area contributed by atoms with Gasteiger partial charge < -0.3 is 29.9 Å². The fourth-order valence-corrected chi connectivity index (χ4v) is 3.75. The maximum atomic E-state index is 10.4. The number of aliphatic hydroxyl groups excluding tert-OH is 4. The zero-order valence-corrected chi connectivity index (χ0v) is 17.6. The van der Waals surface area contributed by atoms with Crippen LogP contribution in [-0.2, 0) is 11.2 Å². The number of rotatable bonds is 6. The van der Waals surface area contributed by atoms with Gasteiger partial charge in [-0.05, 0) is 41.3 Å². The van der Waals surface area contributed by atoms with E-state index in [-0.39, 0.29) is 6.01 Å². The Labute approximate surface area is 188 Å². The van der Waals surface area contributed by atoms with Crippen molar-refractivity contribution >= 4 is 11.6 Å². The molecule has 0 amide bonds. The van der Waals surface area contributed by atoms with Gasteiger partial charge in [0.2, 0.25) is 0 Å². The fourth-order valence-electron chi connectivity index (χ4n) is 3.57. The predicted octanol–water partition coefficient (Wildman–Crippen LogP) is 1.42. The standard InChI is InChI=1S/C22H22ClN3O6/c23-16-6-3-13(21-20(30)19(29)18(28)17(9-27)32-21)8-14(16)7-12-1-4-15(5-2-12)31-22-25-10-24-11-26-22/h1-6,8,10-11,17-21,27-30H,7,9H2/t17?,18-,19?,20-,21?/m1/s1. The molecule has 168 valence electrons. The second-order valence-electron chi connectivity index (χ2n) is 7.44. The Hall–Kier alpha value is -2.66. The number of hydrogen-bond donors (Lipinski definition) is 4. The van der Waals surface area contributed by atoms with Gasteiger partial charge in [-0.1, -0.05) is 35.9 Å². The van der Waals surface area contributed by atoms with Crippen molar-refractivity contribution in [2.24, 2.45) is 0 Å². The summed E-state index contributed by atoms with van der Waals surface area (Å²) in [4.78, 5) is 11.6. The summed E-state index contributed by atoms with van der Waals surface area (Å²) >= 11 is 6.39. The first-order valence-corrected chi connectivity index (χ1v) is 10.3. The van der Waals surface area contributed by atoms with E-state index < -0.39 is 37.1 Å². The Bertz CT molecular complexity index is 1040. The summed E-state index contributed by atoms with van der Waals surface area (Å²) in [6.07, 6.45) is -2.91. The maximum absolute atomic E-state index is 10.4. The zero-order chi connectivity index (χ0) is 22.7. The van der Waals surface area contributed by atoms with Gasteiger partial charge in [-0.15, -0.1) is 0 Å². The highest BCUT2D eigenvalue weighted by Gasteiger charge is 2.44. The molecule has 0 saturated carbocycles. The second kappa shape index (κ2) is 9.86. The van der Waals surface area contributed by atoms with E-state index in [9.17, 15) is 20.4 Å². The molecule has 10 heteroatoms. The molecule has 1 aliphatic rings. The highest BCUT2D eigenvalue weighted by molar-refractivity contribution is 6.31. The van der Waals surface area contributed by atoms with Gasteiger partial charge in [-0.25, -0.2) is 4.98 Å². The monoisotopic (exact) mass is 459 g/mol. The molecule has 2 aromatic carbocycles. The highest BCUT2D eigenvalue weighted by atomic mass is 35.5. The van der Waals surface area contributed by atoms with Gasteiger partial charge in [0.25, 0.3) is 0 Å². The lowest BCUT2D eigenvalue weighted by Gasteiger charge is -2.40. The van der Waals surface area contributed by atoms with Gasteiger partial charge >= 0.3 is 6.01 Å². The fraction of sp³-hybridized carbons (Fsp3) is 0.318. The molecule has 2 heterocycles. The molecule has 3 aromatic rings. The Morgan fingerprint density at radius 3 is 2.34 bits per heavy atom. The van der Waals surface area contributed by atoms with Gasteiger partial charge in [-0.2, -0.15) is 9.97 Å². The molecule has 9 nitrogen and oxygen atoms in total. The molecule has 32 heavy (non-hydrogen) atoms. The minimum atomic E-state index is -1.44. The Morgan fingerprint density at radius 2 is 1.66 bits per heavy atom. The largest absolute Gasteiger partial charge is 0.424 e. The van der Waals surface area contributed by atoms with E-state index in [1.54, 1.807) is 30.3 Å². The first-order chi connectivity index (χ1) is 15.5. The van der Waals surface area contributed by atoms with Crippen LogP contribution in [-0.4, -0.2) is 66.4 Å². The van der Waals surface area contributed by atoms with E-state index in [4.69, 9.17) is 21.1 Å². The van der Waals surface area contributed by atoms with E-state index in [2.05, 4.69) is 15.0 Å². The van der Waals surface area contributed by atoms with Crippen molar-refractivity contribution in [2.45, 2.75) is 36.9 Å². The molecule has 1 aromatic heterocycles. The SMILES string of the molecule is OCC1OC(c2ccc(Cl)c(Cc3ccc(Oc4ncncn4)cc3)c2)[C@H](O)C(O)[C@@H]1O. The van der Waals surface area contributed by atoms with Crippen molar-refractivity contribution in [3.8, 4) is 11.8 Å². The van der Waals surface area contributed by atoms with E-state index >= 15 is 0 Å². The smallest absolute Gasteiger partial charge is 0.324 e. The van der Waals surface area contributed by atoms with Gasteiger partial charge in [-0.3, -0.25) is 0 Å². The number of ether oxygens (including phenoxy) is 2. The summed E-state index contributed by atoms with van der Waals surface area (Å²) in [6.45, 7) is -0.485. The molecule has 0 bridgehead atoms. The number of nitrogens with zero attached hydrogens (tertiary/aromatic N) is 3. The molecule has 4 N–H and O–H groups in total. The first kappa shape index (κ1) is 22.5. The lowest BCUT2D eigenvalue weighted by atomic mass is 9.90. The number of aromatic nitrogens is 3. The third-order valence-corrected chi connectivity index (χ3v) is 5.66. The minimum Gasteiger partial charge on any atom is -0.424 e. The van der Waals surface area contributed by atoms with Crippen LogP contribution in [0.4, 0.5) is 0 Å². The van der Waals surface area contributed by atoms with Crippen molar-refractivity contribution in [3.05, 3.63) is 76.8 Å². The van der Waals surface area contributed by atoms with Gasteiger partial charge in [0.15, 0.2) is 0 Å². The van der Waals surface area contributed by atoms with Crippen molar-refractivity contribution in [1.82, 2.24) is 15.0 Å². The van der Waals surface area contributed by atoms with Gasteiger partial charge in [0.05, 0.1) is 6.61 Å². The molecule has 1 aliphatic heterocycles. The molecule has 0 aliphatic carbocycles. The number of benzene rings is 2. The topological polar surface area (TPSA) is 138 Å². The van der Waals surface area contributed by atoms with E-state index in [0.29, 0.717) is 22.8 Å². The third-order valence-electron chi connectivity index (χ3n) is 5.29. The molecular formula is C22H22ClN3O6. The van der Waals surface area contributed by atoms with Crippen LogP contribution in [0.2, 0.25) is 5.02 Å². The summed E-state index contributed by atoms with van der Waals surface area (Å²) in [7, 11) is 0. The quantitative estimate of drug-likeness (QED) is 0.431. The molecule has 5 atom stereocenters. The molecule has 4 rings (SSSR count). The summed E-state index contributed by atoms with van der Waals surface area (Å²) < 4.78 is 11.2. The first-order valence-electron chi connectivity index (χ1n) is 9.94. The summed E-state index contributed by atoms with van der Waals surface area (Å²) in [5.74, 6) is 0.570. The average molecular weight is 460 g/mol. The van der Waals surface area contributed by atoms with E-state index in [1.807, 2.05) is 12.1 Å². The summed E-state index contributed by atoms with van der Waals surface area (Å²) in [6, 6.07) is 12.7. The predicted molar refractivity (Wildman–Crippen MR) is 113 cm³/mol. The van der Waals surface area contributed by atoms with Crippen LogP contribution < -0.4 is 4.74 Å². The van der Waals surface area contributed by atoms with Crippen LogP contribution in [0.3, 0.4) is 0 Å². The number of hydrogen-bond acceptors (Lipinski definition) is 9. The Kier molecular flexibility index (Phi) is 6.95. The molecule has 3 unspecified atom stereocenters. The minimum absolute atomic E-state index is 0.197. The lowest BCUT2D eigenvalue weighted by molar-refractivity contribution is -0.231. The molecule has 0 radical (unpaired) electrons. The van der Waals surface area contributed by atoms with Crippen molar-refractivity contribution in [2.75, 3.05) is 6.61 Å². The normalized spacial score (nSPS) is 25.5. The Morgan fingerprint density at radius 1 is 0.938 bits per heavy atom. The van der Waals surface area contributed by atoms with Crippen LogP contribution in [0.1, 0.15) is 22.8 Å². The average Bonchev–Trinajstić information content (AvgIpc) is 2.81. The molecular weight excluding hydrogens is 438 g/mol. The second-order valence-corrected chi connectivity index (χ2v) is 7.85. The lowest BCUT2D eigenvalue weighted by Crippen LogP contribution is -2.55. The van der Waals surface area contributed by atoms with Crippen LogP contribution in [0.5, 0.6) is 11.8 Å². The summed E-state index contributed by atoms with van der Waals surface area (Å²) in [5, 5.41) is 40.4. The van der Waals surface area contributed by atoms with Crippen LogP contribution in [0.15, 0.2) is 55.1 Å². The number of aliphatic hydroxyl groups is 4. The van der Waals surface area contributed by atoms with Crippen LogP contribution in [0.25, 0.3) is 0 Å². The summed E-state index contributed by atoms with van der Waals surface area (Å²) in [5.41, 5.74) is 2.32. The van der Waals surface area contributed by atoms with E-state index in [0.717, 1.165) is 11.1 Å². The van der Waals surface area contributed by atoms with E-state index in [1.165, 1.54) is 12.7 Å². The highest BCUT2D eigenvalue weighted by Crippen LogP contribution is 2.34. The van der Waals surface area contributed by atoms with Crippen molar-refractivity contribution in [3.63, 3.8) is 0 Å². The molecule has 1 fully saturated rings. The van der Waals surface area contributed by atoms with Crippen LogP contribution >= 0.6 is 11.6 Å². The zero-order valence-electron chi connectivity index (χ0n) is 16.8. The Balaban J connectivity index is 1.50. The molecule has 0 spiro atoms. The van der Waals surface area contributed by atoms with Gasteiger partial charge in [0, 0.05) is 5.02 Å². The third kappa shape index (κ3) is 4.88. The maximum Gasteiger partial charge on any atom is 0.324 e. The van der Waals surface area contributed by atoms with Crippen molar-refractivity contribution < 1.29 is 29.9 Å². The van der Waals surface area contributed by atoms with Crippen LogP contribution in [0, 0.1) is 0 Å².